The number of benzene rings is 1. The smallest absolute Gasteiger partial charge is 0.319 e. The van der Waals surface area contributed by atoms with Crippen LogP contribution in [0.1, 0.15) is 55.6 Å². The molecule has 4 N–H and O–H groups in total. The molecule has 0 spiro atoms. The van der Waals surface area contributed by atoms with Gasteiger partial charge in [-0.1, -0.05) is 12.8 Å². The number of fused-ring (bicyclic) bond motifs is 3. The molecule has 3 aliphatic rings. The molecule has 3 amide bonds. The molecule has 1 saturated carbocycles. The summed E-state index contributed by atoms with van der Waals surface area (Å²) in [5.74, 6) is 0.584. The molecule has 3 heterocycles. The number of ether oxygens (including phenoxy) is 2. The van der Waals surface area contributed by atoms with Crippen molar-refractivity contribution in [1.29, 1.82) is 0 Å². The SMILES string of the molecule is O=C(C[C@H]1C[C@@H]2c3cc(NC(=O)NC4CCCC4)ccc3O[C@@H]2[C@@H](CO)O1)NCc1ccncc1. The molecule has 4 atom stereocenters. The second-order valence-electron chi connectivity index (χ2n) is 9.57. The van der Waals surface area contributed by atoms with Gasteiger partial charge in [0, 0.05) is 42.1 Å². The number of carbonyl (C=O) groups excluding carboxylic acids is 2. The highest BCUT2D eigenvalue weighted by Gasteiger charge is 2.46. The summed E-state index contributed by atoms with van der Waals surface area (Å²) in [4.78, 5) is 29.0. The Labute approximate surface area is 204 Å². The van der Waals surface area contributed by atoms with Crippen molar-refractivity contribution in [3.63, 3.8) is 0 Å². The molecule has 1 aliphatic carbocycles. The first-order chi connectivity index (χ1) is 17.1. The van der Waals surface area contributed by atoms with Gasteiger partial charge in [-0.15, -0.1) is 0 Å². The zero-order chi connectivity index (χ0) is 24.2. The number of anilines is 1. The summed E-state index contributed by atoms with van der Waals surface area (Å²) in [5.41, 5.74) is 2.64. The monoisotopic (exact) mass is 480 g/mol. The maximum absolute atomic E-state index is 12.6. The molecule has 2 aliphatic heterocycles. The van der Waals surface area contributed by atoms with Crippen LogP contribution in [-0.2, 0) is 16.1 Å². The third-order valence-electron chi connectivity index (χ3n) is 7.10. The number of aliphatic hydroxyl groups excluding tert-OH is 1. The van der Waals surface area contributed by atoms with Gasteiger partial charge in [0.2, 0.25) is 5.91 Å². The van der Waals surface area contributed by atoms with Crippen LogP contribution >= 0.6 is 0 Å². The Kier molecular flexibility index (Phi) is 7.15. The molecular formula is C26H32N4O5. The number of nitrogens with zero attached hydrogens (tertiary/aromatic N) is 1. The van der Waals surface area contributed by atoms with E-state index in [0.717, 1.165) is 42.6 Å². The second-order valence-corrected chi connectivity index (χ2v) is 9.57. The maximum atomic E-state index is 12.6. The lowest BCUT2D eigenvalue weighted by atomic mass is 9.84. The Morgan fingerprint density at radius 3 is 2.69 bits per heavy atom. The average Bonchev–Trinajstić information content (AvgIpc) is 3.50. The Bertz CT molecular complexity index is 1040. The van der Waals surface area contributed by atoms with Crippen LogP contribution in [0.5, 0.6) is 5.75 Å². The predicted octanol–water partition coefficient (Wildman–Crippen LogP) is 2.85. The molecule has 0 unspecified atom stereocenters. The third kappa shape index (κ3) is 5.57. The van der Waals surface area contributed by atoms with E-state index in [4.69, 9.17) is 9.47 Å². The highest BCUT2D eigenvalue weighted by atomic mass is 16.6. The van der Waals surface area contributed by atoms with Gasteiger partial charge < -0.3 is 30.5 Å². The molecule has 9 heteroatoms. The number of pyridine rings is 1. The summed E-state index contributed by atoms with van der Waals surface area (Å²) in [7, 11) is 0. The van der Waals surface area contributed by atoms with Gasteiger partial charge >= 0.3 is 6.03 Å². The van der Waals surface area contributed by atoms with E-state index in [0.29, 0.717) is 18.7 Å². The van der Waals surface area contributed by atoms with Crippen molar-refractivity contribution in [2.75, 3.05) is 11.9 Å². The van der Waals surface area contributed by atoms with Crippen molar-refractivity contribution >= 4 is 17.6 Å². The average molecular weight is 481 g/mol. The summed E-state index contributed by atoms with van der Waals surface area (Å²) in [5, 5.41) is 18.9. The van der Waals surface area contributed by atoms with E-state index in [1.807, 2.05) is 30.3 Å². The predicted molar refractivity (Wildman–Crippen MR) is 129 cm³/mol. The number of hydrogen-bond donors (Lipinski definition) is 4. The van der Waals surface area contributed by atoms with Gasteiger partial charge in [0.15, 0.2) is 0 Å². The van der Waals surface area contributed by atoms with Crippen LogP contribution in [-0.4, -0.2) is 53.0 Å². The molecule has 0 bridgehead atoms. The Balaban J connectivity index is 1.22. The minimum absolute atomic E-state index is 0.0338. The van der Waals surface area contributed by atoms with Crippen LogP contribution in [0.15, 0.2) is 42.7 Å². The number of aliphatic hydroxyl groups is 1. The molecule has 2 fully saturated rings. The quantitative estimate of drug-likeness (QED) is 0.484. The Morgan fingerprint density at radius 2 is 1.91 bits per heavy atom. The minimum atomic E-state index is -0.527. The number of urea groups is 1. The second kappa shape index (κ2) is 10.6. The van der Waals surface area contributed by atoms with Crippen molar-refractivity contribution in [3.8, 4) is 5.75 Å². The van der Waals surface area contributed by atoms with Crippen molar-refractivity contribution in [3.05, 3.63) is 53.9 Å². The molecule has 2 aromatic rings. The molecule has 1 aromatic carbocycles. The highest BCUT2D eigenvalue weighted by molar-refractivity contribution is 5.89. The number of amides is 3. The summed E-state index contributed by atoms with van der Waals surface area (Å²) in [6.07, 6.45) is 7.33. The molecular weight excluding hydrogens is 448 g/mol. The normalized spacial score (nSPS) is 25.3. The van der Waals surface area contributed by atoms with Crippen LogP contribution < -0.4 is 20.7 Å². The van der Waals surface area contributed by atoms with Gasteiger partial charge in [0.25, 0.3) is 0 Å². The molecule has 0 radical (unpaired) electrons. The van der Waals surface area contributed by atoms with Crippen LogP contribution in [0.25, 0.3) is 0 Å². The molecule has 9 nitrogen and oxygen atoms in total. The number of rotatable bonds is 7. The largest absolute Gasteiger partial charge is 0.487 e. The molecule has 1 aromatic heterocycles. The first kappa shape index (κ1) is 23.6. The van der Waals surface area contributed by atoms with Crippen LogP contribution in [0, 0.1) is 0 Å². The van der Waals surface area contributed by atoms with E-state index in [1.54, 1.807) is 12.4 Å². The van der Waals surface area contributed by atoms with Crippen LogP contribution in [0.2, 0.25) is 0 Å². The van der Waals surface area contributed by atoms with Gasteiger partial charge in [-0.2, -0.15) is 0 Å². The van der Waals surface area contributed by atoms with Gasteiger partial charge in [-0.3, -0.25) is 9.78 Å². The number of hydrogen-bond acceptors (Lipinski definition) is 6. The van der Waals surface area contributed by atoms with E-state index >= 15 is 0 Å². The summed E-state index contributed by atoms with van der Waals surface area (Å²) < 4.78 is 12.2. The van der Waals surface area contributed by atoms with E-state index < -0.39 is 6.10 Å². The summed E-state index contributed by atoms with van der Waals surface area (Å²) >= 11 is 0. The lowest BCUT2D eigenvalue weighted by Crippen LogP contribution is -2.47. The molecule has 35 heavy (non-hydrogen) atoms. The number of aromatic nitrogens is 1. The lowest BCUT2D eigenvalue weighted by molar-refractivity contribution is -0.142. The highest BCUT2D eigenvalue weighted by Crippen LogP contribution is 2.47. The molecule has 1 saturated heterocycles. The summed E-state index contributed by atoms with van der Waals surface area (Å²) in [6, 6.07) is 9.37. The van der Waals surface area contributed by atoms with Gasteiger partial charge in [0.1, 0.15) is 18.0 Å². The van der Waals surface area contributed by atoms with E-state index in [-0.39, 0.29) is 49.1 Å². The van der Waals surface area contributed by atoms with Crippen molar-refractivity contribution in [1.82, 2.24) is 15.6 Å². The zero-order valence-electron chi connectivity index (χ0n) is 19.6. The van der Waals surface area contributed by atoms with Gasteiger partial charge in [-0.05, 0) is 55.2 Å². The number of nitrogens with one attached hydrogen (secondary N) is 3. The summed E-state index contributed by atoms with van der Waals surface area (Å²) in [6.45, 7) is 0.229. The molecule has 186 valence electrons. The third-order valence-corrected chi connectivity index (χ3v) is 7.10. The van der Waals surface area contributed by atoms with Crippen molar-refractivity contribution in [2.24, 2.45) is 0 Å². The fourth-order valence-electron chi connectivity index (χ4n) is 5.37. The van der Waals surface area contributed by atoms with Crippen LogP contribution in [0.3, 0.4) is 0 Å². The zero-order valence-corrected chi connectivity index (χ0v) is 19.6. The van der Waals surface area contributed by atoms with Crippen LogP contribution in [0.4, 0.5) is 10.5 Å². The van der Waals surface area contributed by atoms with E-state index in [2.05, 4.69) is 20.9 Å². The van der Waals surface area contributed by atoms with Crippen molar-refractivity contribution in [2.45, 2.75) is 75.3 Å². The minimum Gasteiger partial charge on any atom is -0.487 e. The Morgan fingerprint density at radius 1 is 1.11 bits per heavy atom. The first-order valence-electron chi connectivity index (χ1n) is 12.4. The topological polar surface area (TPSA) is 122 Å². The van der Waals surface area contributed by atoms with Gasteiger partial charge in [0.05, 0.1) is 19.1 Å². The van der Waals surface area contributed by atoms with Gasteiger partial charge in [-0.25, -0.2) is 4.79 Å². The lowest BCUT2D eigenvalue weighted by Gasteiger charge is -2.37. The molecule has 5 rings (SSSR count). The van der Waals surface area contributed by atoms with E-state index in [9.17, 15) is 14.7 Å². The number of carbonyl (C=O) groups is 2. The Hall–Kier alpha value is -3.17. The van der Waals surface area contributed by atoms with E-state index in [1.165, 1.54) is 0 Å². The maximum Gasteiger partial charge on any atom is 0.319 e. The fraction of sp³-hybridized carbons (Fsp3) is 0.500. The standard InChI is InChI=1S/C26H32N4O5/c31-15-23-25-21(12-19(34-23)13-24(32)28-14-16-7-9-27-10-8-16)20-11-18(5-6-22(20)35-25)30-26(33)29-17-3-1-2-4-17/h5-11,17,19,21,23,25,31H,1-4,12-15H2,(H,28,32)(H2,29,30,33)/t19-,21-,23-,25+/m1/s1. The van der Waals surface area contributed by atoms with Crippen molar-refractivity contribution < 1.29 is 24.2 Å². The first-order valence-corrected chi connectivity index (χ1v) is 12.4. The fourth-order valence-corrected chi connectivity index (χ4v) is 5.37.